The Hall–Kier alpha value is -2.97. The molecule has 1 fully saturated rings. The summed E-state index contributed by atoms with van der Waals surface area (Å²) >= 11 is 0. The molecule has 1 rings (SSSR count). The van der Waals surface area contributed by atoms with Crippen LogP contribution < -0.4 is 0 Å². The van der Waals surface area contributed by atoms with Gasteiger partial charge in [-0.25, -0.2) is 4.57 Å². The summed E-state index contributed by atoms with van der Waals surface area (Å²) in [6.45, 7) is 3.18. The quantitative estimate of drug-likeness (QED) is 0.0147. The van der Waals surface area contributed by atoms with Gasteiger partial charge in [-0.1, -0.05) is 150 Å². The summed E-state index contributed by atoms with van der Waals surface area (Å²) in [5.74, 6) is -1.22. The highest BCUT2D eigenvalue weighted by Crippen LogP contribution is 2.47. The predicted molar refractivity (Wildman–Crippen MR) is 258 cm³/mol. The standard InChI is InChI=1S/C51H85O13P/c1-3-5-7-9-11-13-15-17-19-20-21-22-23-24-26-28-30-32-34-36-38-40-45(53)63-43(42-62-65(59,60)64-51-49(57)47(55)46(54)48(56)50(51)58)41-61-44(52)39-37-35-33-31-29-27-25-18-16-14-12-10-8-6-4-2/h12,14,18-20,22-23,25-26,28-29,31-32,34,43,46-51,54-58H,3-11,13,15-17,21,24,27,30,33,35-42H2,1-2H3,(H,59,60)/b14-12+,20-19+,23-22+,25-18+,28-26+,31-29+,34-32+/t43-,46?,47-,48?,49?,50?,51?/m1/s1. The van der Waals surface area contributed by atoms with Crippen LogP contribution in [0, 0.1) is 0 Å². The molecular weight excluding hydrogens is 852 g/mol. The second-order valence-corrected chi connectivity index (χ2v) is 18.0. The monoisotopic (exact) mass is 937 g/mol. The molecule has 372 valence electrons. The van der Waals surface area contributed by atoms with Crippen LogP contribution in [0.5, 0.6) is 0 Å². The summed E-state index contributed by atoms with van der Waals surface area (Å²) < 4.78 is 33.5. The Kier molecular flexibility index (Phi) is 37.1. The van der Waals surface area contributed by atoms with Crippen molar-refractivity contribution in [3.8, 4) is 0 Å². The lowest BCUT2D eigenvalue weighted by molar-refractivity contribution is -0.220. The molecule has 1 aliphatic carbocycles. The van der Waals surface area contributed by atoms with Crippen LogP contribution >= 0.6 is 7.82 Å². The molecule has 0 spiro atoms. The molecule has 8 atom stereocenters. The topological polar surface area (TPSA) is 210 Å². The number of phosphoric ester groups is 1. The fraction of sp³-hybridized carbons (Fsp3) is 0.686. The summed E-state index contributed by atoms with van der Waals surface area (Å²) in [5.41, 5.74) is 0. The third-order valence-corrected chi connectivity index (χ3v) is 11.7. The predicted octanol–water partition coefficient (Wildman–Crippen LogP) is 10.1. The van der Waals surface area contributed by atoms with E-state index < -0.39 is 75.7 Å². The molecule has 14 heteroatoms. The van der Waals surface area contributed by atoms with Crippen LogP contribution in [0.3, 0.4) is 0 Å². The van der Waals surface area contributed by atoms with E-state index in [2.05, 4.69) is 86.8 Å². The van der Waals surface area contributed by atoms with E-state index in [0.717, 1.165) is 57.8 Å². The highest BCUT2D eigenvalue weighted by Gasteiger charge is 2.51. The van der Waals surface area contributed by atoms with Crippen molar-refractivity contribution in [2.24, 2.45) is 0 Å². The third-order valence-electron chi connectivity index (χ3n) is 10.7. The molecule has 6 N–H and O–H groups in total. The Labute approximate surface area is 390 Å². The Morgan fingerprint density at radius 1 is 0.477 bits per heavy atom. The SMILES string of the molecule is CCCCC/C=C/C/C=C/C/C=C/CCCCC(=O)OC[C@H](COP(=O)(O)OC1C(O)C(O)C(O)[C@@H](O)C1O)OC(=O)CCC/C=C/C/C=C/C/C=C/C/C=C/CCCCCCCCC. The van der Waals surface area contributed by atoms with Gasteiger partial charge in [-0.3, -0.25) is 18.6 Å². The highest BCUT2D eigenvalue weighted by molar-refractivity contribution is 7.47. The second-order valence-electron chi connectivity index (χ2n) is 16.6. The number of ether oxygens (including phenoxy) is 2. The molecule has 1 saturated carbocycles. The number of carbonyl (C=O) groups is 2. The molecule has 0 radical (unpaired) electrons. The van der Waals surface area contributed by atoms with Crippen molar-refractivity contribution in [2.75, 3.05) is 13.2 Å². The van der Waals surface area contributed by atoms with Gasteiger partial charge < -0.3 is 39.9 Å². The average molecular weight is 937 g/mol. The molecule has 1 aliphatic rings. The number of hydrogen-bond acceptors (Lipinski definition) is 12. The zero-order valence-corrected chi connectivity index (χ0v) is 40.4. The number of carbonyl (C=O) groups excluding carboxylic acids is 2. The molecule has 13 nitrogen and oxygen atoms in total. The van der Waals surface area contributed by atoms with Gasteiger partial charge in [0.15, 0.2) is 6.10 Å². The van der Waals surface area contributed by atoms with Gasteiger partial charge >= 0.3 is 19.8 Å². The van der Waals surface area contributed by atoms with Crippen molar-refractivity contribution in [1.82, 2.24) is 0 Å². The zero-order chi connectivity index (χ0) is 47.8. The van der Waals surface area contributed by atoms with Crippen LogP contribution in [0.25, 0.3) is 0 Å². The van der Waals surface area contributed by atoms with Crippen LogP contribution in [-0.2, 0) is 32.7 Å². The van der Waals surface area contributed by atoms with E-state index in [-0.39, 0.29) is 12.8 Å². The molecular formula is C51H85O13P. The molecule has 0 aromatic rings. The van der Waals surface area contributed by atoms with E-state index in [9.17, 15) is 44.6 Å². The van der Waals surface area contributed by atoms with Gasteiger partial charge in [0.2, 0.25) is 0 Å². The van der Waals surface area contributed by atoms with Crippen molar-refractivity contribution in [2.45, 2.75) is 211 Å². The number of aliphatic hydroxyl groups is 5. The Balaban J connectivity index is 2.51. The lowest BCUT2D eigenvalue weighted by Gasteiger charge is -2.41. The molecule has 65 heavy (non-hydrogen) atoms. The normalized spacial score (nSPS) is 22.2. The molecule has 0 amide bonds. The first kappa shape index (κ1) is 60.0. The smallest absolute Gasteiger partial charge is 0.462 e. The maximum absolute atomic E-state index is 12.8. The Morgan fingerprint density at radius 2 is 0.846 bits per heavy atom. The van der Waals surface area contributed by atoms with Crippen LogP contribution in [0.4, 0.5) is 0 Å². The van der Waals surface area contributed by atoms with Gasteiger partial charge in [-0.15, -0.1) is 0 Å². The van der Waals surface area contributed by atoms with Crippen LogP contribution in [0.1, 0.15) is 168 Å². The van der Waals surface area contributed by atoms with Crippen molar-refractivity contribution >= 4 is 19.8 Å². The highest BCUT2D eigenvalue weighted by atomic mass is 31.2. The van der Waals surface area contributed by atoms with E-state index in [1.54, 1.807) is 0 Å². The van der Waals surface area contributed by atoms with E-state index >= 15 is 0 Å². The Morgan fingerprint density at radius 3 is 1.34 bits per heavy atom. The third kappa shape index (κ3) is 32.4. The van der Waals surface area contributed by atoms with Crippen LogP contribution in [0.15, 0.2) is 85.1 Å². The number of aliphatic hydroxyl groups excluding tert-OH is 5. The number of rotatable bonds is 39. The minimum Gasteiger partial charge on any atom is -0.462 e. The summed E-state index contributed by atoms with van der Waals surface area (Å²) in [6, 6.07) is 0. The lowest BCUT2D eigenvalue weighted by Crippen LogP contribution is -2.64. The summed E-state index contributed by atoms with van der Waals surface area (Å²) in [7, 11) is -5.15. The molecule has 0 aromatic heterocycles. The molecule has 0 heterocycles. The van der Waals surface area contributed by atoms with E-state index in [1.807, 2.05) is 12.2 Å². The van der Waals surface area contributed by atoms with Gasteiger partial charge in [0.1, 0.15) is 43.2 Å². The molecule has 0 saturated heterocycles. The van der Waals surface area contributed by atoms with Gasteiger partial charge in [0.05, 0.1) is 6.61 Å². The fourth-order valence-corrected chi connectivity index (χ4v) is 7.73. The maximum atomic E-state index is 12.8. The lowest BCUT2D eigenvalue weighted by atomic mass is 9.85. The molecule has 0 aromatic carbocycles. The number of phosphoric acid groups is 1. The minimum atomic E-state index is -5.15. The van der Waals surface area contributed by atoms with Gasteiger partial charge in [0.25, 0.3) is 0 Å². The summed E-state index contributed by atoms with van der Waals surface area (Å²) in [6.07, 6.45) is 39.3. The van der Waals surface area contributed by atoms with Crippen molar-refractivity contribution in [1.29, 1.82) is 0 Å². The molecule has 0 bridgehead atoms. The maximum Gasteiger partial charge on any atom is 0.472 e. The van der Waals surface area contributed by atoms with Crippen LogP contribution in [-0.4, -0.2) is 98.3 Å². The van der Waals surface area contributed by atoms with E-state index in [0.29, 0.717) is 19.3 Å². The number of unbranched alkanes of at least 4 members (excludes halogenated alkanes) is 13. The minimum absolute atomic E-state index is 0.00818. The first-order chi connectivity index (χ1) is 31.4. The number of esters is 2. The number of hydrogen-bond donors (Lipinski definition) is 6. The van der Waals surface area contributed by atoms with Gasteiger partial charge in [-0.05, 0) is 89.9 Å². The van der Waals surface area contributed by atoms with Crippen molar-refractivity contribution < 1.29 is 63.1 Å². The largest absolute Gasteiger partial charge is 0.472 e. The van der Waals surface area contributed by atoms with Gasteiger partial charge in [0, 0.05) is 12.8 Å². The first-order valence-corrected chi connectivity index (χ1v) is 25.9. The second kappa shape index (κ2) is 40.1. The average Bonchev–Trinajstić information content (AvgIpc) is 3.29. The molecule has 6 unspecified atom stereocenters. The fourth-order valence-electron chi connectivity index (χ4n) is 6.76. The molecule has 0 aliphatic heterocycles. The van der Waals surface area contributed by atoms with E-state index in [1.165, 1.54) is 64.2 Å². The van der Waals surface area contributed by atoms with E-state index in [4.69, 9.17) is 18.5 Å². The summed E-state index contributed by atoms with van der Waals surface area (Å²) in [4.78, 5) is 35.7. The van der Waals surface area contributed by atoms with Gasteiger partial charge in [-0.2, -0.15) is 0 Å². The number of allylic oxidation sites excluding steroid dienone is 14. The zero-order valence-electron chi connectivity index (χ0n) is 39.5. The van der Waals surface area contributed by atoms with Crippen molar-refractivity contribution in [3.05, 3.63) is 85.1 Å². The first-order valence-electron chi connectivity index (χ1n) is 24.4. The van der Waals surface area contributed by atoms with Crippen molar-refractivity contribution in [3.63, 3.8) is 0 Å². The van der Waals surface area contributed by atoms with Crippen LogP contribution in [0.2, 0.25) is 0 Å². The Bertz CT molecular complexity index is 1460. The summed E-state index contributed by atoms with van der Waals surface area (Å²) in [5, 5.41) is 50.2.